The van der Waals surface area contributed by atoms with E-state index in [1.165, 1.54) is 0 Å². The molecule has 0 aliphatic carbocycles. The van der Waals surface area contributed by atoms with Crippen molar-refractivity contribution < 1.29 is 0 Å². The molecule has 0 atom stereocenters. The lowest BCUT2D eigenvalue weighted by Crippen LogP contribution is -2.11. The van der Waals surface area contributed by atoms with Crippen LogP contribution in [0.2, 0.25) is 0 Å². The summed E-state index contributed by atoms with van der Waals surface area (Å²) in [6.07, 6.45) is 2.84. The molecule has 0 saturated heterocycles. The second-order valence-corrected chi connectivity index (χ2v) is 3.59. The van der Waals surface area contributed by atoms with E-state index in [1.807, 2.05) is 32.3 Å². The van der Waals surface area contributed by atoms with Crippen molar-refractivity contribution >= 4 is 0 Å². The Morgan fingerprint density at radius 3 is 3.00 bits per heavy atom. The third kappa shape index (κ3) is 2.10. The highest BCUT2D eigenvalue weighted by Gasteiger charge is 2.08. The fraction of sp³-hybridized carbons (Fsp3) is 0.364. The van der Waals surface area contributed by atoms with Crippen molar-refractivity contribution in [2.24, 2.45) is 0 Å². The summed E-state index contributed by atoms with van der Waals surface area (Å²) in [7, 11) is 1.95. The van der Waals surface area contributed by atoms with Gasteiger partial charge in [-0.15, -0.1) is 0 Å². The quantitative estimate of drug-likeness (QED) is 0.706. The van der Waals surface area contributed by atoms with Crippen LogP contribution in [0.5, 0.6) is 0 Å². The Morgan fingerprint density at radius 1 is 1.47 bits per heavy atom. The Bertz CT molecular complexity index is 414. The molecule has 0 aliphatic heterocycles. The molecule has 80 valence electrons. The Balaban J connectivity index is 2.22. The molecule has 0 aliphatic rings. The van der Waals surface area contributed by atoms with E-state index in [9.17, 15) is 0 Å². The molecule has 0 spiro atoms. The van der Waals surface area contributed by atoms with Crippen LogP contribution in [0.3, 0.4) is 0 Å². The van der Waals surface area contributed by atoms with Gasteiger partial charge in [-0.05, 0) is 26.1 Å². The number of imidazole rings is 1. The summed E-state index contributed by atoms with van der Waals surface area (Å²) in [5.74, 6) is 1.03. The molecule has 2 aromatic rings. The van der Waals surface area contributed by atoms with E-state index >= 15 is 0 Å². The smallest absolute Gasteiger partial charge is 0.108 e. The number of likely N-dealkylation sites (N-methyl/N-ethyl adjacent to an activating group) is 1. The second kappa shape index (κ2) is 4.31. The lowest BCUT2D eigenvalue weighted by Gasteiger charge is -1.93. The largest absolute Gasteiger partial charge is 0.360 e. The molecule has 0 saturated carbocycles. The zero-order valence-corrected chi connectivity index (χ0v) is 9.09. The van der Waals surface area contributed by atoms with Gasteiger partial charge in [-0.2, -0.15) is 0 Å². The molecule has 0 radical (unpaired) electrons. The normalized spacial score (nSPS) is 10.8. The van der Waals surface area contributed by atoms with E-state index in [4.69, 9.17) is 0 Å². The maximum atomic E-state index is 4.56. The van der Waals surface area contributed by atoms with Gasteiger partial charge in [0.1, 0.15) is 11.5 Å². The summed E-state index contributed by atoms with van der Waals surface area (Å²) in [6, 6.07) is 4.02. The second-order valence-electron chi connectivity index (χ2n) is 3.59. The number of aromatic amines is 2. The number of H-pyrrole nitrogens is 2. The molecule has 2 aromatic heterocycles. The van der Waals surface area contributed by atoms with Crippen LogP contribution in [0.4, 0.5) is 0 Å². The molecular weight excluding hydrogens is 188 g/mol. The average Bonchev–Trinajstić information content (AvgIpc) is 2.83. The average molecular weight is 204 g/mol. The minimum absolute atomic E-state index is 0.929. The number of hydrogen-bond donors (Lipinski definition) is 3. The van der Waals surface area contributed by atoms with Crippen LogP contribution in [0.15, 0.2) is 18.3 Å². The Labute approximate surface area is 89.1 Å². The van der Waals surface area contributed by atoms with Crippen LogP contribution >= 0.6 is 0 Å². The standard InChI is InChI=1S/C11H16N4/c1-8-11(9-4-3-6-13-9)15-10(14-8)5-7-12-2/h3-4,6,12-13H,5,7H2,1-2H3,(H,14,15). The van der Waals surface area contributed by atoms with E-state index in [0.29, 0.717) is 0 Å². The van der Waals surface area contributed by atoms with Crippen molar-refractivity contribution in [3.63, 3.8) is 0 Å². The van der Waals surface area contributed by atoms with Gasteiger partial charge in [0.25, 0.3) is 0 Å². The van der Waals surface area contributed by atoms with Crippen molar-refractivity contribution in [1.82, 2.24) is 20.3 Å². The van der Waals surface area contributed by atoms with Gasteiger partial charge >= 0.3 is 0 Å². The van der Waals surface area contributed by atoms with E-state index in [0.717, 1.165) is 35.9 Å². The SMILES string of the molecule is CNCCc1nc(-c2ccc[nH]2)c(C)[nH]1. The third-order valence-electron chi connectivity index (χ3n) is 2.40. The van der Waals surface area contributed by atoms with Gasteiger partial charge in [-0.1, -0.05) is 0 Å². The first-order valence-electron chi connectivity index (χ1n) is 5.15. The first-order chi connectivity index (χ1) is 7.31. The van der Waals surface area contributed by atoms with Crippen molar-refractivity contribution in [3.05, 3.63) is 29.8 Å². The number of rotatable bonds is 4. The number of aromatic nitrogens is 3. The van der Waals surface area contributed by atoms with Crippen molar-refractivity contribution in [2.45, 2.75) is 13.3 Å². The van der Waals surface area contributed by atoms with Gasteiger partial charge in [0, 0.05) is 24.9 Å². The van der Waals surface area contributed by atoms with Crippen LogP contribution < -0.4 is 5.32 Å². The van der Waals surface area contributed by atoms with Gasteiger partial charge in [0.05, 0.1) is 5.69 Å². The third-order valence-corrected chi connectivity index (χ3v) is 2.40. The van der Waals surface area contributed by atoms with Crippen LogP contribution in [-0.4, -0.2) is 28.5 Å². The molecule has 4 nitrogen and oxygen atoms in total. The molecule has 0 aromatic carbocycles. The molecule has 0 amide bonds. The molecule has 0 fully saturated rings. The molecule has 3 N–H and O–H groups in total. The van der Waals surface area contributed by atoms with Gasteiger partial charge < -0.3 is 15.3 Å². The van der Waals surface area contributed by atoms with Crippen molar-refractivity contribution in [2.75, 3.05) is 13.6 Å². The zero-order valence-electron chi connectivity index (χ0n) is 9.09. The Morgan fingerprint density at radius 2 is 2.33 bits per heavy atom. The number of nitrogens with one attached hydrogen (secondary N) is 3. The molecule has 15 heavy (non-hydrogen) atoms. The topological polar surface area (TPSA) is 56.5 Å². The van der Waals surface area contributed by atoms with Crippen LogP contribution in [0.1, 0.15) is 11.5 Å². The molecule has 0 bridgehead atoms. The zero-order chi connectivity index (χ0) is 10.7. The molecular formula is C11H16N4. The van der Waals surface area contributed by atoms with Crippen molar-refractivity contribution in [3.8, 4) is 11.4 Å². The summed E-state index contributed by atoms with van der Waals surface area (Å²) < 4.78 is 0. The van der Waals surface area contributed by atoms with Crippen LogP contribution in [-0.2, 0) is 6.42 Å². The summed E-state index contributed by atoms with van der Waals surface area (Å²) in [5, 5.41) is 3.11. The molecule has 2 heterocycles. The summed E-state index contributed by atoms with van der Waals surface area (Å²) >= 11 is 0. The van der Waals surface area contributed by atoms with E-state index in [-0.39, 0.29) is 0 Å². The first-order valence-corrected chi connectivity index (χ1v) is 5.15. The maximum absolute atomic E-state index is 4.56. The predicted octanol–water partition coefficient (Wildman–Crippen LogP) is 1.48. The van der Waals surface area contributed by atoms with Gasteiger partial charge in [0.15, 0.2) is 0 Å². The highest BCUT2D eigenvalue weighted by molar-refractivity contribution is 5.57. The predicted molar refractivity (Wildman–Crippen MR) is 60.7 cm³/mol. The molecule has 2 rings (SSSR count). The van der Waals surface area contributed by atoms with Gasteiger partial charge in [-0.3, -0.25) is 0 Å². The minimum atomic E-state index is 0.929. The van der Waals surface area contributed by atoms with E-state index in [2.05, 4.69) is 20.3 Å². The highest BCUT2D eigenvalue weighted by atomic mass is 15.0. The lowest BCUT2D eigenvalue weighted by molar-refractivity contribution is 0.763. The molecule has 4 heteroatoms. The first kappa shape index (κ1) is 9.98. The number of nitrogens with zero attached hydrogens (tertiary/aromatic N) is 1. The lowest BCUT2D eigenvalue weighted by atomic mass is 10.3. The number of hydrogen-bond acceptors (Lipinski definition) is 2. The van der Waals surface area contributed by atoms with Gasteiger partial charge in [0.2, 0.25) is 0 Å². The van der Waals surface area contributed by atoms with E-state index in [1.54, 1.807) is 0 Å². The maximum Gasteiger partial charge on any atom is 0.108 e. The fourth-order valence-electron chi connectivity index (χ4n) is 1.62. The van der Waals surface area contributed by atoms with Crippen LogP contribution in [0.25, 0.3) is 11.4 Å². The van der Waals surface area contributed by atoms with Crippen molar-refractivity contribution in [1.29, 1.82) is 0 Å². The summed E-state index contributed by atoms with van der Waals surface area (Å²) in [6.45, 7) is 2.99. The summed E-state index contributed by atoms with van der Waals surface area (Å²) in [4.78, 5) is 11.0. The highest BCUT2D eigenvalue weighted by Crippen LogP contribution is 2.18. The molecule has 0 unspecified atom stereocenters. The van der Waals surface area contributed by atoms with Gasteiger partial charge in [-0.25, -0.2) is 4.98 Å². The Kier molecular flexibility index (Phi) is 2.87. The fourth-order valence-corrected chi connectivity index (χ4v) is 1.62. The monoisotopic (exact) mass is 204 g/mol. The minimum Gasteiger partial charge on any atom is -0.360 e. The summed E-state index contributed by atoms with van der Waals surface area (Å²) in [5.41, 5.74) is 3.20. The Hall–Kier alpha value is -1.55. The van der Waals surface area contributed by atoms with Crippen LogP contribution in [0, 0.1) is 6.92 Å². The number of aryl methyl sites for hydroxylation is 1. The van der Waals surface area contributed by atoms with E-state index < -0.39 is 0 Å².